The van der Waals surface area contributed by atoms with Crippen LogP contribution in [0.2, 0.25) is 0 Å². The van der Waals surface area contributed by atoms with E-state index in [-0.39, 0.29) is 30.3 Å². The number of H-pyrrole nitrogens is 1. The number of aryl methyl sites for hydroxylation is 2. The number of ether oxygens (including phenoxy) is 2. The van der Waals surface area contributed by atoms with Gasteiger partial charge in [-0.25, -0.2) is 4.98 Å². The first-order valence-corrected chi connectivity index (χ1v) is 9.03. The summed E-state index contributed by atoms with van der Waals surface area (Å²) in [5.74, 6) is 1.56. The van der Waals surface area contributed by atoms with Crippen LogP contribution in [0, 0.1) is 6.92 Å². The number of amides is 1. The molecule has 8 heteroatoms. The molecule has 2 N–H and O–H groups in total. The van der Waals surface area contributed by atoms with Gasteiger partial charge in [0.15, 0.2) is 5.82 Å². The van der Waals surface area contributed by atoms with E-state index >= 15 is 0 Å². The van der Waals surface area contributed by atoms with Crippen molar-refractivity contribution < 1.29 is 19.4 Å². The zero-order valence-electron chi connectivity index (χ0n) is 15.0. The predicted molar refractivity (Wildman–Crippen MR) is 90.0 cm³/mol. The molecule has 2 heterocycles. The molecule has 1 amide bonds. The van der Waals surface area contributed by atoms with Gasteiger partial charge in [0.25, 0.3) is 0 Å². The zero-order chi connectivity index (χ0) is 17.9. The van der Waals surface area contributed by atoms with Gasteiger partial charge in [-0.2, -0.15) is 5.10 Å². The van der Waals surface area contributed by atoms with Gasteiger partial charge in [0, 0.05) is 26.5 Å². The Balaban J connectivity index is 1.63. The number of aliphatic hydroxyl groups is 1. The number of carbonyl (C=O) groups excluding carboxylic acids is 1. The summed E-state index contributed by atoms with van der Waals surface area (Å²) in [5.41, 5.74) is -0.254. The lowest BCUT2D eigenvalue weighted by molar-refractivity contribution is -0.142. The van der Waals surface area contributed by atoms with Gasteiger partial charge < -0.3 is 19.5 Å². The number of nitrogens with one attached hydrogen (secondary N) is 1. The lowest BCUT2D eigenvalue weighted by atomic mass is 9.79. The van der Waals surface area contributed by atoms with Crippen molar-refractivity contribution in [3.63, 3.8) is 0 Å². The molecule has 25 heavy (non-hydrogen) atoms. The molecule has 0 spiro atoms. The lowest BCUT2D eigenvalue weighted by Crippen LogP contribution is -2.53. The van der Waals surface area contributed by atoms with E-state index < -0.39 is 0 Å². The monoisotopic (exact) mass is 352 g/mol. The van der Waals surface area contributed by atoms with Crippen LogP contribution in [0.25, 0.3) is 0 Å². The Kier molecular flexibility index (Phi) is 5.71. The summed E-state index contributed by atoms with van der Waals surface area (Å²) in [7, 11) is 1.74. The molecule has 3 rings (SSSR count). The number of aromatic nitrogens is 3. The molecule has 0 aromatic carbocycles. The summed E-state index contributed by atoms with van der Waals surface area (Å²) in [6.45, 7) is 2.93. The smallest absolute Gasteiger partial charge is 0.223 e. The highest BCUT2D eigenvalue weighted by atomic mass is 16.5. The molecule has 1 saturated heterocycles. The Morgan fingerprint density at radius 1 is 1.48 bits per heavy atom. The van der Waals surface area contributed by atoms with E-state index in [1.54, 1.807) is 7.11 Å². The SMILES string of the molecule is CO[C@@]12CC[C@@H](OCCO)C[C@@H]1N(C(=O)CCc1n[nH]c(C)n1)CC2. The van der Waals surface area contributed by atoms with Crippen molar-refractivity contribution in [2.75, 3.05) is 26.9 Å². The van der Waals surface area contributed by atoms with Crippen molar-refractivity contribution in [2.45, 2.75) is 63.2 Å². The fourth-order valence-corrected chi connectivity index (χ4v) is 4.19. The van der Waals surface area contributed by atoms with E-state index in [9.17, 15) is 4.79 Å². The molecular weight excluding hydrogens is 324 g/mol. The Morgan fingerprint density at radius 3 is 3.00 bits per heavy atom. The zero-order valence-corrected chi connectivity index (χ0v) is 15.0. The number of nitrogens with zero attached hydrogens (tertiary/aromatic N) is 3. The van der Waals surface area contributed by atoms with Crippen molar-refractivity contribution in [2.24, 2.45) is 0 Å². The number of hydrogen-bond donors (Lipinski definition) is 2. The van der Waals surface area contributed by atoms with Gasteiger partial charge >= 0.3 is 0 Å². The Morgan fingerprint density at radius 2 is 2.32 bits per heavy atom. The maximum absolute atomic E-state index is 12.8. The van der Waals surface area contributed by atoms with Crippen LogP contribution >= 0.6 is 0 Å². The maximum Gasteiger partial charge on any atom is 0.223 e. The molecule has 1 aliphatic heterocycles. The highest BCUT2D eigenvalue weighted by molar-refractivity contribution is 5.77. The van der Waals surface area contributed by atoms with E-state index in [0.29, 0.717) is 25.3 Å². The normalized spacial score (nSPS) is 29.0. The van der Waals surface area contributed by atoms with Crippen molar-refractivity contribution in [3.05, 3.63) is 11.6 Å². The fourth-order valence-electron chi connectivity index (χ4n) is 4.19. The molecule has 2 fully saturated rings. The Hall–Kier alpha value is -1.51. The number of aromatic amines is 1. The van der Waals surface area contributed by atoms with Crippen LogP contribution in [-0.2, 0) is 20.7 Å². The van der Waals surface area contributed by atoms with E-state index in [1.165, 1.54) is 0 Å². The molecular formula is C17H28N4O4. The minimum absolute atomic E-state index is 0.0231. The summed E-state index contributed by atoms with van der Waals surface area (Å²) in [5, 5.41) is 15.9. The van der Waals surface area contributed by atoms with Crippen molar-refractivity contribution in [1.29, 1.82) is 0 Å². The minimum atomic E-state index is -0.254. The number of methoxy groups -OCH3 is 1. The molecule has 1 saturated carbocycles. The van der Waals surface area contributed by atoms with E-state index in [0.717, 1.165) is 38.1 Å². The molecule has 2 aliphatic rings. The van der Waals surface area contributed by atoms with Crippen molar-refractivity contribution in [3.8, 4) is 0 Å². The third-order valence-electron chi connectivity index (χ3n) is 5.51. The second-order valence-corrected chi connectivity index (χ2v) is 6.95. The quantitative estimate of drug-likeness (QED) is 0.745. The van der Waals surface area contributed by atoms with Crippen LogP contribution in [0.5, 0.6) is 0 Å². The summed E-state index contributed by atoms with van der Waals surface area (Å²) >= 11 is 0. The van der Waals surface area contributed by atoms with Crippen LogP contribution in [0.4, 0.5) is 0 Å². The predicted octanol–water partition coefficient (Wildman–Crippen LogP) is 0.593. The molecule has 8 nitrogen and oxygen atoms in total. The third kappa shape index (κ3) is 3.86. The first-order valence-electron chi connectivity index (χ1n) is 9.03. The van der Waals surface area contributed by atoms with Crippen LogP contribution in [0.3, 0.4) is 0 Å². The van der Waals surface area contributed by atoms with E-state index in [1.807, 2.05) is 11.8 Å². The van der Waals surface area contributed by atoms with Crippen LogP contribution in [-0.4, -0.2) is 75.7 Å². The van der Waals surface area contributed by atoms with E-state index in [4.69, 9.17) is 14.6 Å². The second kappa shape index (κ2) is 7.80. The molecule has 0 unspecified atom stereocenters. The highest BCUT2D eigenvalue weighted by Gasteiger charge is 2.52. The molecule has 0 bridgehead atoms. The number of rotatable bonds is 7. The maximum atomic E-state index is 12.8. The molecule has 0 radical (unpaired) electrons. The average Bonchev–Trinajstić information content (AvgIpc) is 3.21. The standard InChI is InChI=1S/C17H28N4O4/c1-12-18-15(20-19-12)3-4-16(23)21-8-7-17(24-2)6-5-13(11-14(17)21)25-10-9-22/h13-14,22H,3-11H2,1-2H3,(H,18,19,20)/t13-,14+,17-/m1/s1. The number of fused-ring (bicyclic) bond motifs is 1. The first-order chi connectivity index (χ1) is 12.1. The first kappa shape index (κ1) is 18.3. The lowest BCUT2D eigenvalue weighted by Gasteiger charge is -2.43. The highest BCUT2D eigenvalue weighted by Crippen LogP contribution is 2.43. The van der Waals surface area contributed by atoms with Gasteiger partial charge in [-0.05, 0) is 32.6 Å². The Labute approximate surface area is 147 Å². The molecule has 1 aromatic rings. The number of hydrogen-bond acceptors (Lipinski definition) is 6. The van der Waals surface area contributed by atoms with Crippen molar-refractivity contribution >= 4 is 5.91 Å². The molecule has 1 aromatic heterocycles. The van der Waals surface area contributed by atoms with Crippen LogP contribution in [0.1, 0.15) is 43.8 Å². The van der Waals surface area contributed by atoms with Gasteiger partial charge in [0.2, 0.25) is 5.91 Å². The van der Waals surface area contributed by atoms with Gasteiger partial charge in [-0.3, -0.25) is 9.89 Å². The number of carbonyl (C=O) groups is 1. The molecule has 140 valence electrons. The van der Waals surface area contributed by atoms with Crippen LogP contribution < -0.4 is 0 Å². The average molecular weight is 352 g/mol. The summed E-state index contributed by atoms with van der Waals surface area (Å²) in [6, 6.07) is 0.0383. The largest absolute Gasteiger partial charge is 0.394 e. The summed E-state index contributed by atoms with van der Waals surface area (Å²) in [4.78, 5) is 19.0. The molecule has 3 atom stereocenters. The molecule has 1 aliphatic carbocycles. The van der Waals surface area contributed by atoms with Gasteiger partial charge in [-0.1, -0.05) is 0 Å². The van der Waals surface area contributed by atoms with Gasteiger partial charge in [-0.15, -0.1) is 0 Å². The van der Waals surface area contributed by atoms with Gasteiger partial charge in [0.1, 0.15) is 5.82 Å². The minimum Gasteiger partial charge on any atom is -0.394 e. The third-order valence-corrected chi connectivity index (χ3v) is 5.51. The van der Waals surface area contributed by atoms with Gasteiger partial charge in [0.05, 0.1) is 31.0 Å². The topological polar surface area (TPSA) is 101 Å². The number of aliphatic hydroxyl groups excluding tert-OH is 1. The Bertz CT molecular complexity index is 593. The fraction of sp³-hybridized carbons (Fsp3) is 0.824. The number of likely N-dealkylation sites (tertiary alicyclic amines) is 1. The summed E-state index contributed by atoms with van der Waals surface area (Å²) in [6.07, 6.45) is 4.43. The van der Waals surface area contributed by atoms with Crippen LogP contribution in [0.15, 0.2) is 0 Å². The van der Waals surface area contributed by atoms with Crippen molar-refractivity contribution in [1.82, 2.24) is 20.1 Å². The summed E-state index contributed by atoms with van der Waals surface area (Å²) < 4.78 is 11.6. The van der Waals surface area contributed by atoms with E-state index in [2.05, 4.69) is 15.2 Å². The second-order valence-electron chi connectivity index (χ2n) is 6.95.